The van der Waals surface area contributed by atoms with E-state index in [0.717, 1.165) is 59.7 Å². The Morgan fingerprint density at radius 3 is 1.75 bits per heavy atom. The van der Waals surface area contributed by atoms with Crippen molar-refractivity contribution in [3.05, 3.63) is 233 Å². The van der Waals surface area contributed by atoms with Gasteiger partial charge in [0.25, 0.3) is 11.1 Å². The van der Waals surface area contributed by atoms with E-state index in [0.29, 0.717) is 30.6 Å². The van der Waals surface area contributed by atoms with Gasteiger partial charge >= 0.3 is 12.4 Å². The van der Waals surface area contributed by atoms with Crippen molar-refractivity contribution in [2.45, 2.75) is 140 Å². The maximum Gasteiger partial charge on any atom is 0.416 e. The SMILES string of the molecule is [2H]c1c([2H])c(C([2H])([2H])N(CCN(CC)CC)C(=O)C([2H])([2H])n2c(SC([2H])([2H])c3ccc(F)cc3)nc(=O)c3c2C([2H])([2H])C([2H])(C)C3([2H])[2H])c([2H])c([2H])c1-c1c([2H])c([2H])c(C(F)(F)F)c(C)c1[2H].[2H]c1c([2H])c(C([2H])([2H])Sc2nc(=O)c3c(n2C([2H])([2H])C(=O)N(CCN(CC)CC)C([2H])(C)c2ccc(-c4ccc(C(F)(F)F)cc4)cc2)CCC3)c([2H])c([2H])c1F. The minimum Gasteiger partial charge on any atom is -0.336 e. The lowest BCUT2D eigenvalue weighted by molar-refractivity contribution is -0.138. The Bertz CT molecular complexity index is 5520. The molecule has 514 valence electrons. The van der Waals surface area contributed by atoms with E-state index in [1.165, 1.54) is 31.2 Å². The van der Waals surface area contributed by atoms with Gasteiger partial charge in [-0.2, -0.15) is 36.3 Å². The number of aromatic nitrogens is 4. The molecule has 0 spiro atoms. The third-order valence-electron chi connectivity index (χ3n) is 15.4. The summed E-state index contributed by atoms with van der Waals surface area (Å²) in [6.07, 6.45) is -15.8. The van der Waals surface area contributed by atoms with Crippen molar-refractivity contribution in [1.82, 2.24) is 38.7 Å². The second-order valence-electron chi connectivity index (χ2n) is 21.6. The number of likely N-dealkylation sites (N-methyl/N-ethyl adjacent to an activating group) is 2. The number of rotatable bonds is 26. The highest BCUT2D eigenvalue weighted by molar-refractivity contribution is 7.98. The van der Waals surface area contributed by atoms with Crippen molar-refractivity contribution in [2.75, 3.05) is 52.4 Å². The van der Waals surface area contributed by atoms with Gasteiger partial charge in [0.15, 0.2) is 10.3 Å². The summed E-state index contributed by atoms with van der Waals surface area (Å²) in [4.78, 5) is 69.3. The molecule has 2 amide bonds. The van der Waals surface area contributed by atoms with Crippen molar-refractivity contribution in [3.63, 3.8) is 0 Å². The highest BCUT2D eigenvalue weighted by Gasteiger charge is 2.34. The molecule has 0 aliphatic heterocycles. The summed E-state index contributed by atoms with van der Waals surface area (Å²) in [5.74, 6) is -8.55. The van der Waals surface area contributed by atoms with Gasteiger partial charge in [-0.15, -0.1) is 0 Å². The standard InChI is InChI=1S/C38H42F4N4O2S.C37H40F4N4O2S/c1-5-44(6-2)17-18-45(22-27-7-11-29(12-8-27)30-13-16-33(26(4)21-30)38(40,41)42)35(47)23-46-34-20-25(3)19-32(34)36(48)43-37(46)49-24-28-9-14-31(39)15-10-28;1-4-43(5-2)21-22-44(25(3)27-11-13-28(14-12-27)29-15-17-30(18-16-29)37(39,40)41)34(46)23-45-33-8-6-7-32(33)35(47)42-36(45)48-24-26-9-19-31(38)20-10-26/h7-16,21,25H,5-6,17-20,22-24H2,1-4H3;9-20,25H,4-8,21-24H2,1-3H3/i7D,8D,11D,12D,13D,16D,19D2,20D2,21D,22D2,23D2,24D2,25D;9D,10D,19D,20D,23D2,24D2,25D. The predicted octanol–water partition coefficient (Wildman–Crippen LogP) is 15.6. The number of halogens is 8. The first-order valence-electron chi connectivity index (χ1n) is 43.8. The number of thioether (sulfide) groups is 2. The predicted molar refractivity (Wildman–Crippen MR) is 367 cm³/mol. The molecule has 2 atom stereocenters. The number of carbonyl (C=O) groups excluding carboxylic acids is 2. The largest absolute Gasteiger partial charge is 0.416 e. The Hall–Kier alpha value is -7.92. The molecule has 6 aromatic carbocycles. The lowest BCUT2D eigenvalue weighted by atomic mass is 9.98. The molecule has 0 bridgehead atoms. The van der Waals surface area contributed by atoms with Crippen LogP contribution in [0.3, 0.4) is 0 Å². The Morgan fingerprint density at radius 2 is 1.16 bits per heavy atom. The van der Waals surface area contributed by atoms with Crippen molar-refractivity contribution >= 4 is 35.3 Å². The minimum atomic E-state index is -5.22. The van der Waals surface area contributed by atoms with E-state index in [4.69, 9.17) is 27.4 Å². The van der Waals surface area contributed by atoms with Crippen LogP contribution in [-0.4, -0.2) is 103 Å². The second kappa shape index (κ2) is 33.1. The molecule has 97 heavy (non-hydrogen) atoms. The third kappa shape index (κ3) is 19.1. The average molecular weight is 1400 g/mol. The number of hydrogen-bond donors (Lipinski definition) is 0. The molecule has 0 N–H and O–H groups in total. The van der Waals surface area contributed by atoms with Crippen molar-refractivity contribution in [1.29, 1.82) is 0 Å². The lowest BCUT2D eigenvalue weighted by Gasteiger charge is -2.33. The first kappa shape index (κ1) is 44.9. The van der Waals surface area contributed by atoms with E-state index in [1.807, 2.05) is 18.7 Å². The van der Waals surface area contributed by atoms with Crippen molar-refractivity contribution in [2.24, 2.45) is 5.89 Å². The molecule has 12 nitrogen and oxygen atoms in total. The topological polar surface area (TPSA) is 117 Å². The summed E-state index contributed by atoms with van der Waals surface area (Å²) in [6, 6.07) is -0.928. The summed E-state index contributed by atoms with van der Waals surface area (Å²) in [5, 5.41) is -1.79. The van der Waals surface area contributed by atoms with Crippen LogP contribution in [0.2, 0.25) is 0 Å². The lowest BCUT2D eigenvalue weighted by Crippen LogP contribution is -2.42. The van der Waals surface area contributed by atoms with E-state index in [9.17, 15) is 59.1 Å². The molecule has 0 saturated carbocycles. The number of amides is 2. The number of carbonyl (C=O) groups is 2. The van der Waals surface area contributed by atoms with Gasteiger partial charge in [0, 0.05) is 78.9 Å². The van der Waals surface area contributed by atoms with Crippen LogP contribution in [0.4, 0.5) is 35.1 Å². The molecule has 0 saturated heterocycles. The maximum absolute atomic E-state index is 15.2. The van der Waals surface area contributed by atoms with Crippen LogP contribution in [0, 0.1) is 24.5 Å². The van der Waals surface area contributed by atoms with Crippen LogP contribution >= 0.6 is 23.5 Å². The highest BCUT2D eigenvalue weighted by atomic mass is 32.2. The van der Waals surface area contributed by atoms with Gasteiger partial charge < -0.3 is 28.7 Å². The molecule has 0 fully saturated rings. The summed E-state index contributed by atoms with van der Waals surface area (Å²) in [6.45, 7) is -0.304. The zero-order valence-electron chi connectivity index (χ0n) is 80.3. The first-order valence-corrected chi connectivity index (χ1v) is 31.9. The van der Waals surface area contributed by atoms with Crippen LogP contribution in [0.15, 0.2) is 159 Å². The Labute approximate surface area is 608 Å². The normalized spacial score (nSPS) is 20.8. The Morgan fingerprint density at radius 1 is 0.629 bits per heavy atom. The molecule has 2 aliphatic carbocycles. The molecule has 2 heterocycles. The van der Waals surface area contributed by atoms with E-state index < -0.39 is 236 Å². The zero-order valence-corrected chi connectivity index (χ0v) is 54.9. The Kier molecular flexibility index (Phi) is 15.3. The second-order valence-corrected chi connectivity index (χ2v) is 23.1. The fraction of sp³-hybridized carbons (Fsp3) is 0.387. The van der Waals surface area contributed by atoms with E-state index >= 15 is 4.79 Å². The van der Waals surface area contributed by atoms with Gasteiger partial charge in [-0.25, -0.2) is 8.78 Å². The quantitative estimate of drug-likeness (QED) is 0.0295. The number of fused-ring (bicyclic) bond motifs is 2. The highest BCUT2D eigenvalue weighted by Crippen LogP contribution is 2.36. The Balaban J connectivity index is 0.000000285. The van der Waals surface area contributed by atoms with Crippen LogP contribution in [0.25, 0.3) is 22.3 Å². The van der Waals surface area contributed by atoms with E-state index in [1.54, 1.807) is 30.9 Å². The monoisotopic (exact) mass is 1400 g/mol. The van der Waals surface area contributed by atoms with Gasteiger partial charge in [0.1, 0.15) is 24.6 Å². The van der Waals surface area contributed by atoms with Crippen LogP contribution < -0.4 is 11.1 Å². The average Bonchev–Trinajstić information content (AvgIpc) is 1.51. The number of alkyl halides is 6. The summed E-state index contributed by atoms with van der Waals surface area (Å²) in [5.41, 5.74) is -17.1. The van der Waals surface area contributed by atoms with Crippen molar-refractivity contribution < 1.29 is 81.7 Å². The summed E-state index contributed by atoms with van der Waals surface area (Å²) in [7, 11) is 0. The number of nitrogens with zero attached hydrogens (tertiary/aromatic N) is 8. The van der Waals surface area contributed by atoms with Gasteiger partial charge in [0.05, 0.1) is 41.8 Å². The summed E-state index contributed by atoms with van der Waals surface area (Å²) >= 11 is -0.0314. The maximum atomic E-state index is 15.2. The molecule has 10 rings (SSSR count). The molecule has 8 aromatic rings. The number of hydrogen-bond acceptors (Lipinski definition) is 10. The van der Waals surface area contributed by atoms with E-state index in [-0.39, 0.29) is 101 Å². The van der Waals surface area contributed by atoms with Crippen LogP contribution in [-0.2, 0) is 78.4 Å². The smallest absolute Gasteiger partial charge is 0.336 e. The van der Waals surface area contributed by atoms with Gasteiger partial charge in [-0.05, 0) is 170 Å². The minimum absolute atomic E-state index is 0.0330. The fourth-order valence-electron chi connectivity index (χ4n) is 10.0. The van der Waals surface area contributed by atoms with Crippen molar-refractivity contribution in [3.8, 4) is 22.3 Å². The molecule has 2 aliphatic rings. The van der Waals surface area contributed by atoms with Crippen LogP contribution in [0.5, 0.6) is 0 Å². The first-order chi connectivity index (χ1) is 56.9. The van der Waals surface area contributed by atoms with E-state index in [2.05, 4.69) is 9.97 Å². The summed E-state index contributed by atoms with van der Waals surface area (Å²) < 4.78 is 349. The fourth-order valence-corrected chi connectivity index (χ4v) is 11.4. The zero-order chi connectivity index (χ0) is 93.7. The molecule has 2 aromatic heterocycles. The molecular formula is C75H82F8N8O4S2. The van der Waals surface area contributed by atoms with Crippen LogP contribution in [0.1, 0.15) is 152 Å². The molecule has 2 unspecified atom stereocenters. The van der Waals surface area contributed by atoms with Gasteiger partial charge in [-0.3, -0.25) is 19.2 Å². The van der Waals surface area contributed by atoms with Gasteiger partial charge in [-0.1, -0.05) is 155 Å². The number of benzene rings is 6. The molecule has 22 heteroatoms. The molecule has 0 radical (unpaired) electrons. The third-order valence-corrected chi connectivity index (χ3v) is 16.9. The van der Waals surface area contributed by atoms with Gasteiger partial charge in [0.2, 0.25) is 11.8 Å². The molecular weight excluding hydrogens is 1290 g/mol.